The maximum atomic E-state index is 12.0. The lowest BCUT2D eigenvalue weighted by molar-refractivity contribution is -0.161. The molecule has 5 atom stereocenters. The molecule has 0 aromatic carbocycles. The van der Waals surface area contributed by atoms with Gasteiger partial charge in [0.15, 0.2) is 0 Å². The summed E-state index contributed by atoms with van der Waals surface area (Å²) in [5.74, 6) is 0.889. The van der Waals surface area contributed by atoms with E-state index in [1.165, 1.54) is 0 Å². The molecule has 0 radical (unpaired) electrons. The van der Waals surface area contributed by atoms with E-state index in [9.17, 15) is 4.79 Å². The highest BCUT2D eigenvalue weighted by Gasteiger charge is 2.54. The standard InChI is InChI=1S/C18H26O3/c1-2-15-14-12-16-18(21-15)13(14)10-8-6-4-3-5-7-9-11-17(19)20-16/h3-4,8,10,13-16,18H,2,5-7,9,11-12H2,1H3/b4-3-,10-8-/t13-,14-,15+,16+,18-/m0/s1. The molecule has 2 aliphatic heterocycles. The second kappa shape index (κ2) is 6.78. The largest absolute Gasteiger partial charge is 0.460 e. The summed E-state index contributed by atoms with van der Waals surface area (Å²) in [6.45, 7) is 2.18. The van der Waals surface area contributed by atoms with Crippen LogP contribution >= 0.6 is 0 Å². The van der Waals surface area contributed by atoms with Gasteiger partial charge < -0.3 is 9.47 Å². The van der Waals surface area contributed by atoms with Crippen LogP contribution in [0.3, 0.4) is 0 Å². The number of allylic oxidation sites excluding steroid dienone is 3. The van der Waals surface area contributed by atoms with E-state index in [-0.39, 0.29) is 18.2 Å². The van der Waals surface area contributed by atoms with Crippen LogP contribution in [0, 0.1) is 11.8 Å². The van der Waals surface area contributed by atoms with Crippen molar-refractivity contribution >= 4 is 5.97 Å². The fraction of sp³-hybridized carbons (Fsp3) is 0.722. The summed E-state index contributed by atoms with van der Waals surface area (Å²) >= 11 is 0. The van der Waals surface area contributed by atoms with Crippen LogP contribution < -0.4 is 0 Å². The number of carbonyl (C=O) groups excluding carboxylic acids is 1. The predicted octanol–water partition coefficient (Wildman–Crippen LogP) is 3.79. The molecular formula is C18H26O3. The third-order valence-corrected chi connectivity index (χ3v) is 5.04. The Hall–Kier alpha value is -1.09. The van der Waals surface area contributed by atoms with Gasteiger partial charge in [-0.05, 0) is 44.4 Å². The first kappa shape index (κ1) is 14.8. The van der Waals surface area contributed by atoms with Crippen LogP contribution in [0.5, 0.6) is 0 Å². The van der Waals surface area contributed by atoms with Crippen LogP contribution in [0.2, 0.25) is 0 Å². The number of carbonyl (C=O) groups is 1. The summed E-state index contributed by atoms with van der Waals surface area (Å²) in [5.41, 5.74) is 0. The summed E-state index contributed by atoms with van der Waals surface area (Å²) in [6, 6.07) is 0. The highest BCUT2D eigenvalue weighted by atomic mass is 16.6. The van der Waals surface area contributed by atoms with Crippen LogP contribution in [-0.4, -0.2) is 24.3 Å². The molecule has 1 aliphatic carbocycles. The first-order valence-corrected chi connectivity index (χ1v) is 8.46. The van der Waals surface area contributed by atoms with E-state index in [4.69, 9.17) is 9.47 Å². The highest BCUT2D eigenvalue weighted by Crippen LogP contribution is 2.48. The average molecular weight is 290 g/mol. The fourth-order valence-electron chi connectivity index (χ4n) is 3.99. The SMILES string of the molecule is CC[C@H]1O[C@H]2[C@H]3/C=C\C/C=C\CCCCC(=O)O[C@@H]2C[C@@H]31. The van der Waals surface area contributed by atoms with Crippen LogP contribution in [-0.2, 0) is 14.3 Å². The lowest BCUT2D eigenvalue weighted by Gasteiger charge is -2.27. The van der Waals surface area contributed by atoms with E-state index in [2.05, 4.69) is 31.2 Å². The molecule has 3 nitrogen and oxygen atoms in total. The molecule has 0 aromatic heterocycles. The molecule has 2 heterocycles. The average Bonchev–Trinajstić information content (AvgIpc) is 2.98. The van der Waals surface area contributed by atoms with Gasteiger partial charge >= 0.3 is 5.97 Å². The summed E-state index contributed by atoms with van der Waals surface area (Å²) in [4.78, 5) is 12.0. The first-order chi connectivity index (χ1) is 10.3. The molecule has 0 aromatic rings. The Kier molecular flexibility index (Phi) is 4.79. The van der Waals surface area contributed by atoms with Crippen molar-refractivity contribution in [1.82, 2.24) is 0 Å². The molecule has 0 spiro atoms. The van der Waals surface area contributed by atoms with E-state index < -0.39 is 0 Å². The molecule has 0 unspecified atom stereocenters. The maximum Gasteiger partial charge on any atom is 0.306 e. The van der Waals surface area contributed by atoms with Gasteiger partial charge in [-0.25, -0.2) is 0 Å². The zero-order valence-corrected chi connectivity index (χ0v) is 12.9. The van der Waals surface area contributed by atoms with Crippen molar-refractivity contribution in [2.75, 3.05) is 0 Å². The summed E-state index contributed by atoms with van der Waals surface area (Å²) < 4.78 is 11.8. The van der Waals surface area contributed by atoms with Gasteiger partial charge in [0.25, 0.3) is 0 Å². The van der Waals surface area contributed by atoms with E-state index in [0.717, 1.165) is 38.5 Å². The van der Waals surface area contributed by atoms with Gasteiger partial charge in [-0.2, -0.15) is 0 Å². The summed E-state index contributed by atoms with van der Waals surface area (Å²) in [6.07, 6.45) is 16.0. The van der Waals surface area contributed by atoms with Gasteiger partial charge in [0.2, 0.25) is 0 Å². The topological polar surface area (TPSA) is 35.5 Å². The van der Waals surface area contributed by atoms with E-state index in [0.29, 0.717) is 24.4 Å². The van der Waals surface area contributed by atoms with Crippen LogP contribution in [0.4, 0.5) is 0 Å². The third-order valence-electron chi connectivity index (χ3n) is 5.04. The van der Waals surface area contributed by atoms with Crippen LogP contribution in [0.25, 0.3) is 0 Å². The van der Waals surface area contributed by atoms with Crippen molar-refractivity contribution in [2.45, 2.75) is 70.2 Å². The van der Waals surface area contributed by atoms with E-state index >= 15 is 0 Å². The molecule has 4 bridgehead atoms. The highest BCUT2D eigenvalue weighted by molar-refractivity contribution is 5.69. The summed E-state index contributed by atoms with van der Waals surface area (Å²) in [7, 11) is 0. The third kappa shape index (κ3) is 3.23. The van der Waals surface area contributed by atoms with Crippen molar-refractivity contribution in [3.63, 3.8) is 0 Å². The van der Waals surface area contributed by atoms with Crippen molar-refractivity contribution in [3.05, 3.63) is 24.3 Å². The van der Waals surface area contributed by atoms with Gasteiger partial charge in [0.05, 0.1) is 6.10 Å². The minimum absolute atomic E-state index is 0.0292. The number of ether oxygens (including phenoxy) is 2. The smallest absolute Gasteiger partial charge is 0.306 e. The molecule has 1 saturated heterocycles. The number of esters is 1. The molecule has 0 N–H and O–H groups in total. The Balaban J connectivity index is 1.73. The Bertz CT molecular complexity index is 426. The van der Waals surface area contributed by atoms with Crippen molar-refractivity contribution in [1.29, 1.82) is 0 Å². The number of rotatable bonds is 1. The lowest BCUT2D eigenvalue weighted by Crippen LogP contribution is -2.34. The summed E-state index contributed by atoms with van der Waals surface area (Å²) in [5, 5.41) is 0. The molecule has 21 heavy (non-hydrogen) atoms. The Labute approximate surface area is 127 Å². The van der Waals surface area contributed by atoms with Gasteiger partial charge in [0, 0.05) is 12.3 Å². The molecular weight excluding hydrogens is 264 g/mol. The van der Waals surface area contributed by atoms with Crippen molar-refractivity contribution in [2.24, 2.45) is 11.8 Å². The second-order valence-corrected chi connectivity index (χ2v) is 6.43. The van der Waals surface area contributed by atoms with Gasteiger partial charge in [0.1, 0.15) is 12.2 Å². The minimum atomic E-state index is -0.0482. The molecule has 0 amide bonds. The number of hydrogen-bond donors (Lipinski definition) is 0. The molecule has 2 fully saturated rings. The fourth-order valence-corrected chi connectivity index (χ4v) is 3.99. The molecule has 3 aliphatic rings. The normalized spacial score (nSPS) is 43.1. The molecule has 3 rings (SSSR count). The van der Waals surface area contributed by atoms with E-state index in [1.807, 2.05) is 0 Å². The van der Waals surface area contributed by atoms with Crippen molar-refractivity contribution < 1.29 is 14.3 Å². The zero-order chi connectivity index (χ0) is 14.7. The molecule has 116 valence electrons. The Morgan fingerprint density at radius 2 is 2.14 bits per heavy atom. The van der Waals surface area contributed by atoms with Crippen LogP contribution in [0.15, 0.2) is 24.3 Å². The second-order valence-electron chi connectivity index (χ2n) is 6.43. The quantitative estimate of drug-likeness (QED) is 0.544. The maximum absolute atomic E-state index is 12.0. The lowest BCUT2D eigenvalue weighted by atomic mass is 9.91. The molecule has 3 heteroatoms. The van der Waals surface area contributed by atoms with Crippen molar-refractivity contribution in [3.8, 4) is 0 Å². The minimum Gasteiger partial charge on any atom is -0.460 e. The number of hydrogen-bond acceptors (Lipinski definition) is 3. The first-order valence-electron chi connectivity index (χ1n) is 8.46. The Morgan fingerprint density at radius 3 is 3.00 bits per heavy atom. The zero-order valence-electron chi connectivity index (χ0n) is 12.9. The van der Waals surface area contributed by atoms with Gasteiger partial charge in [-0.1, -0.05) is 31.2 Å². The Morgan fingerprint density at radius 1 is 1.24 bits per heavy atom. The van der Waals surface area contributed by atoms with E-state index in [1.54, 1.807) is 0 Å². The van der Waals surface area contributed by atoms with Crippen LogP contribution in [0.1, 0.15) is 51.9 Å². The predicted molar refractivity (Wildman–Crippen MR) is 81.8 cm³/mol. The van der Waals surface area contributed by atoms with Gasteiger partial charge in [-0.15, -0.1) is 0 Å². The monoisotopic (exact) mass is 290 g/mol. The van der Waals surface area contributed by atoms with Gasteiger partial charge in [-0.3, -0.25) is 4.79 Å². The molecule has 1 saturated carbocycles.